The molecule has 0 aliphatic heterocycles. The van der Waals surface area contributed by atoms with E-state index in [9.17, 15) is 4.79 Å². The lowest BCUT2D eigenvalue weighted by molar-refractivity contribution is 0.102. The number of rotatable bonds is 4. The molecule has 110 valence electrons. The smallest absolute Gasteiger partial charge is 0.255 e. The quantitative estimate of drug-likeness (QED) is 0.869. The minimum atomic E-state index is -0.236. The van der Waals surface area contributed by atoms with Crippen LogP contribution in [0.4, 0.5) is 5.69 Å². The Morgan fingerprint density at radius 2 is 1.81 bits per heavy atom. The Hall–Kier alpha value is -1.72. The van der Waals surface area contributed by atoms with Gasteiger partial charge >= 0.3 is 0 Å². The Labute approximate surface area is 136 Å². The Bertz CT molecular complexity index is 676. The Balaban J connectivity index is 2.21. The maximum atomic E-state index is 12.2. The molecule has 0 unspecified atom stereocenters. The average molecular weight is 371 g/mol. The van der Waals surface area contributed by atoms with Crippen LogP contribution in [0.2, 0.25) is 5.02 Å². The van der Waals surface area contributed by atoms with E-state index in [1.165, 1.54) is 0 Å². The van der Waals surface area contributed by atoms with E-state index in [4.69, 9.17) is 21.1 Å². The average Bonchev–Trinajstić information content (AvgIpc) is 2.49. The third kappa shape index (κ3) is 3.68. The van der Waals surface area contributed by atoms with Crippen molar-refractivity contribution in [1.29, 1.82) is 0 Å². The zero-order valence-corrected chi connectivity index (χ0v) is 13.8. The molecule has 0 aromatic heterocycles. The zero-order chi connectivity index (χ0) is 15.4. The molecule has 0 atom stereocenters. The van der Waals surface area contributed by atoms with Gasteiger partial charge in [0.1, 0.15) is 0 Å². The number of methoxy groups -OCH3 is 2. The summed E-state index contributed by atoms with van der Waals surface area (Å²) in [7, 11) is 3.10. The van der Waals surface area contributed by atoms with Crippen LogP contribution in [0.25, 0.3) is 0 Å². The second-order valence-electron chi connectivity index (χ2n) is 4.15. The van der Waals surface area contributed by atoms with Crippen LogP contribution < -0.4 is 14.8 Å². The number of hydrogen-bond acceptors (Lipinski definition) is 3. The van der Waals surface area contributed by atoms with Crippen molar-refractivity contribution in [3.63, 3.8) is 0 Å². The van der Waals surface area contributed by atoms with E-state index < -0.39 is 0 Å². The lowest BCUT2D eigenvalue weighted by Gasteiger charge is -2.11. The Morgan fingerprint density at radius 3 is 2.43 bits per heavy atom. The monoisotopic (exact) mass is 369 g/mol. The molecule has 0 fully saturated rings. The fraction of sp³-hybridized carbons (Fsp3) is 0.133. The first-order valence-electron chi connectivity index (χ1n) is 6.03. The fourth-order valence-electron chi connectivity index (χ4n) is 1.75. The highest BCUT2D eigenvalue weighted by molar-refractivity contribution is 9.10. The summed E-state index contributed by atoms with van der Waals surface area (Å²) in [6, 6.07) is 10.1. The summed E-state index contributed by atoms with van der Waals surface area (Å²) in [5.74, 6) is 0.914. The topological polar surface area (TPSA) is 47.6 Å². The molecule has 2 aromatic carbocycles. The summed E-state index contributed by atoms with van der Waals surface area (Å²) < 4.78 is 11.0. The number of carbonyl (C=O) groups excluding carboxylic acids is 1. The van der Waals surface area contributed by atoms with Crippen LogP contribution >= 0.6 is 27.5 Å². The molecule has 0 aliphatic carbocycles. The molecule has 6 heteroatoms. The van der Waals surface area contributed by atoms with Gasteiger partial charge in [0, 0.05) is 21.8 Å². The van der Waals surface area contributed by atoms with E-state index in [2.05, 4.69) is 21.2 Å². The highest BCUT2D eigenvalue weighted by Crippen LogP contribution is 2.30. The van der Waals surface area contributed by atoms with Crippen LogP contribution in [0.15, 0.2) is 40.9 Å². The van der Waals surface area contributed by atoms with E-state index in [1.54, 1.807) is 50.6 Å². The molecule has 1 amide bonds. The van der Waals surface area contributed by atoms with Gasteiger partial charge < -0.3 is 14.8 Å². The summed E-state index contributed by atoms with van der Waals surface area (Å²) in [5, 5.41) is 3.35. The van der Waals surface area contributed by atoms with Crippen LogP contribution in [0.3, 0.4) is 0 Å². The SMILES string of the molecule is COc1ccc(NC(=O)c2ccc(Cl)c(Br)c2)cc1OC. The molecule has 0 saturated heterocycles. The summed E-state index contributed by atoms with van der Waals surface area (Å²) >= 11 is 9.20. The van der Waals surface area contributed by atoms with Crippen LogP contribution in [0, 0.1) is 0 Å². The van der Waals surface area contributed by atoms with Gasteiger partial charge in [-0.25, -0.2) is 0 Å². The molecule has 0 bridgehead atoms. The summed E-state index contributed by atoms with van der Waals surface area (Å²) in [5.41, 5.74) is 1.12. The van der Waals surface area contributed by atoms with Crippen molar-refractivity contribution in [2.75, 3.05) is 19.5 Å². The van der Waals surface area contributed by atoms with Crippen LogP contribution in [-0.2, 0) is 0 Å². The molecule has 0 radical (unpaired) electrons. The molecule has 4 nitrogen and oxygen atoms in total. The van der Waals surface area contributed by atoms with Crippen molar-refractivity contribution in [2.24, 2.45) is 0 Å². The predicted molar refractivity (Wildman–Crippen MR) is 86.7 cm³/mol. The molecule has 2 aromatic rings. The number of carbonyl (C=O) groups is 1. The van der Waals surface area contributed by atoms with Crippen molar-refractivity contribution in [2.45, 2.75) is 0 Å². The minimum Gasteiger partial charge on any atom is -0.493 e. The molecule has 2 rings (SSSR count). The van der Waals surface area contributed by atoms with Gasteiger partial charge in [0.2, 0.25) is 0 Å². The fourth-order valence-corrected chi connectivity index (χ4v) is 2.25. The maximum Gasteiger partial charge on any atom is 0.255 e. The molecule has 0 heterocycles. The normalized spacial score (nSPS) is 10.1. The van der Waals surface area contributed by atoms with Crippen LogP contribution in [0.1, 0.15) is 10.4 Å². The number of halogens is 2. The number of benzene rings is 2. The second-order valence-corrected chi connectivity index (χ2v) is 5.41. The molecular formula is C15H13BrClNO3. The number of ether oxygens (including phenoxy) is 2. The Kier molecular flexibility index (Phi) is 5.09. The van der Waals surface area contributed by atoms with Gasteiger partial charge in [0.25, 0.3) is 5.91 Å². The lowest BCUT2D eigenvalue weighted by atomic mass is 10.2. The summed E-state index contributed by atoms with van der Waals surface area (Å²) in [6.45, 7) is 0. The molecule has 0 spiro atoms. The minimum absolute atomic E-state index is 0.236. The van der Waals surface area contributed by atoms with Crippen molar-refractivity contribution in [3.8, 4) is 11.5 Å². The molecule has 21 heavy (non-hydrogen) atoms. The largest absolute Gasteiger partial charge is 0.493 e. The van der Waals surface area contributed by atoms with Crippen molar-refractivity contribution in [3.05, 3.63) is 51.5 Å². The Morgan fingerprint density at radius 1 is 1.10 bits per heavy atom. The van der Waals surface area contributed by atoms with Gasteiger partial charge in [0.05, 0.1) is 19.2 Å². The number of nitrogens with one attached hydrogen (secondary N) is 1. The zero-order valence-electron chi connectivity index (χ0n) is 11.4. The van der Waals surface area contributed by atoms with Crippen molar-refractivity contribution >= 4 is 39.1 Å². The maximum absolute atomic E-state index is 12.2. The van der Waals surface area contributed by atoms with E-state index >= 15 is 0 Å². The third-order valence-electron chi connectivity index (χ3n) is 2.82. The van der Waals surface area contributed by atoms with E-state index in [0.717, 1.165) is 0 Å². The van der Waals surface area contributed by atoms with Crippen molar-refractivity contribution in [1.82, 2.24) is 0 Å². The first-order chi connectivity index (χ1) is 10.0. The first-order valence-corrected chi connectivity index (χ1v) is 7.20. The summed E-state index contributed by atoms with van der Waals surface area (Å²) in [4.78, 5) is 12.2. The molecule has 0 aliphatic rings. The van der Waals surface area contributed by atoms with Gasteiger partial charge in [-0.3, -0.25) is 4.79 Å². The van der Waals surface area contributed by atoms with Gasteiger partial charge in [-0.1, -0.05) is 11.6 Å². The third-order valence-corrected chi connectivity index (χ3v) is 4.04. The standard InChI is InChI=1S/C15H13BrClNO3/c1-20-13-6-4-10(8-14(13)21-2)18-15(19)9-3-5-12(17)11(16)7-9/h3-8H,1-2H3,(H,18,19). The number of amides is 1. The van der Waals surface area contributed by atoms with E-state index in [-0.39, 0.29) is 5.91 Å². The van der Waals surface area contributed by atoms with Crippen LogP contribution in [-0.4, -0.2) is 20.1 Å². The van der Waals surface area contributed by atoms with E-state index in [0.29, 0.717) is 32.2 Å². The van der Waals surface area contributed by atoms with Gasteiger partial charge in [-0.05, 0) is 46.3 Å². The van der Waals surface area contributed by atoms with Crippen LogP contribution in [0.5, 0.6) is 11.5 Å². The molecule has 0 saturated carbocycles. The van der Waals surface area contributed by atoms with Crippen molar-refractivity contribution < 1.29 is 14.3 Å². The molecular weight excluding hydrogens is 358 g/mol. The first kappa shape index (κ1) is 15.7. The lowest BCUT2D eigenvalue weighted by Crippen LogP contribution is -2.12. The van der Waals surface area contributed by atoms with Gasteiger partial charge in [0.15, 0.2) is 11.5 Å². The van der Waals surface area contributed by atoms with E-state index in [1.807, 2.05) is 0 Å². The molecule has 1 N–H and O–H groups in total. The second kappa shape index (κ2) is 6.83. The highest BCUT2D eigenvalue weighted by Gasteiger charge is 2.10. The summed E-state index contributed by atoms with van der Waals surface area (Å²) in [6.07, 6.45) is 0. The van der Waals surface area contributed by atoms with Gasteiger partial charge in [-0.2, -0.15) is 0 Å². The predicted octanol–water partition coefficient (Wildman–Crippen LogP) is 4.37. The highest BCUT2D eigenvalue weighted by atomic mass is 79.9. The number of anilines is 1. The number of hydrogen-bond donors (Lipinski definition) is 1. The van der Waals surface area contributed by atoms with Gasteiger partial charge in [-0.15, -0.1) is 0 Å².